The van der Waals surface area contributed by atoms with Gasteiger partial charge in [0.05, 0.1) is 7.11 Å². The Labute approximate surface area is 148 Å². The molecule has 0 aliphatic carbocycles. The predicted molar refractivity (Wildman–Crippen MR) is 102 cm³/mol. The predicted octanol–water partition coefficient (Wildman–Crippen LogP) is 2.64. The van der Waals surface area contributed by atoms with Crippen LogP contribution in [0.25, 0.3) is 6.08 Å². The lowest BCUT2D eigenvalue weighted by Crippen LogP contribution is -2.48. The Kier molecular flexibility index (Phi) is 5.23. The van der Waals surface area contributed by atoms with Gasteiger partial charge in [-0.05, 0) is 36.4 Å². The lowest BCUT2D eigenvalue weighted by molar-refractivity contribution is -0.126. The first kappa shape index (κ1) is 16.9. The first-order valence-electron chi connectivity index (χ1n) is 8.38. The first-order chi connectivity index (χ1) is 12.2. The van der Waals surface area contributed by atoms with Crippen LogP contribution in [0, 0.1) is 0 Å². The Balaban J connectivity index is 1.58. The number of hydrogen-bond acceptors (Lipinski definition) is 4. The van der Waals surface area contributed by atoms with Crippen LogP contribution in [0.3, 0.4) is 0 Å². The Morgan fingerprint density at radius 1 is 1.04 bits per heavy atom. The molecule has 2 N–H and O–H groups in total. The fourth-order valence-corrected chi connectivity index (χ4v) is 2.94. The third kappa shape index (κ3) is 4.12. The standard InChI is InChI=1S/C20H23N3O2/c1-25-19-5-3-2-4-16(19)6-11-20(24)23-14-12-22(13-15-23)18-9-7-17(21)8-10-18/h2-11H,12-15,21H2,1H3/b11-6+. The molecular weight excluding hydrogens is 314 g/mol. The summed E-state index contributed by atoms with van der Waals surface area (Å²) in [6.07, 6.45) is 3.43. The second-order valence-corrected chi connectivity index (χ2v) is 5.98. The molecule has 5 heteroatoms. The van der Waals surface area contributed by atoms with Gasteiger partial charge in [0.1, 0.15) is 5.75 Å². The summed E-state index contributed by atoms with van der Waals surface area (Å²) in [6.45, 7) is 3.05. The second-order valence-electron chi connectivity index (χ2n) is 5.98. The normalized spacial score (nSPS) is 14.8. The minimum atomic E-state index is 0.0304. The highest BCUT2D eigenvalue weighted by molar-refractivity contribution is 5.92. The van der Waals surface area contributed by atoms with E-state index in [0.29, 0.717) is 13.1 Å². The van der Waals surface area contributed by atoms with Crippen LogP contribution in [0.5, 0.6) is 5.75 Å². The fraction of sp³-hybridized carbons (Fsp3) is 0.250. The molecule has 25 heavy (non-hydrogen) atoms. The SMILES string of the molecule is COc1ccccc1/C=C/C(=O)N1CCN(c2ccc(N)cc2)CC1. The monoisotopic (exact) mass is 337 g/mol. The number of piperazine rings is 1. The van der Waals surface area contributed by atoms with Crippen LogP contribution in [0.2, 0.25) is 0 Å². The molecule has 0 radical (unpaired) electrons. The highest BCUT2D eigenvalue weighted by Gasteiger charge is 2.19. The number of carbonyl (C=O) groups excluding carboxylic acids is 1. The molecule has 0 saturated carbocycles. The van der Waals surface area contributed by atoms with Crippen molar-refractivity contribution in [3.8, 4) is 5.75 Å². The lowest BCUT2D eigenvalue weighted by atomic mass is 10.2. The van der Waals surface area contributed by atoms with E-state index < -0.39 is 0 Å². The number of hydrogen-bond donors (Lipinski definition) is 1. The zero-order valence-corrected chi connectivity index (χ0v) is 14.4. The fourth-order valence-electron chi connectivity index (χ4n) is 2.94. The van der Waals surface area contributed by atoms with Gasteiger partial charge in [0.2, 0.25) is 5.91 Å². The van der Waals surface area contributed by atoms with Crippen molar-refractivity contribution >= 4 is 23.4 Å². The summed E-state index contributed by atoms with van der Waals surface area (Å²) in [5, 5.41) is 0. The van der Waals surface area contributed by atoms with E-state index in [1.165, 1.54) is 0 Å². The average Bonchev–Trinajstić information content (AvgIpc) is 2.67. The number of nitrogens with zero attached hydrogens (tertiary/aromatic N) is 2. The maximum atomic E-state index is 12.4. The van der Waals surface area contributed by atoms with Crippen LogP contribution >= 0.6 is 0 Å². The van der Waals surface area contributed by atoms with Crippen molar-refractivity contribution in [2.45, 2.75) is 0 Å². The summed E-state index contributed by atoms with van der Waals surface area (Å²) in [4.78, 5) is 16.6. The Bertz CT molecular complexity index is 748. The Morgan fingerprint density at radius 3 is 2.40 bits per heavy atom. The largest absolute Gasteiger partial charge is 0.496 e. The molecule has 2 aromatic rings. The molecule has 1 saturated heterocycles. The zero-order valence-electron chi connectivity index (χ0n) is 14.4. The quantitative estimate of drug-likeness (QED) is 0.688. The van der Waals surface area contributed by atoms with Crippen molar-refractivity contribution in [1.29, 1.82) is 0 Å². The van der Waals surface area contributed by atoms with E-state index in [4.69, 9.17) is 10.5 Å². The van der Waals surface area contributed by atoms with E-state index in [1.807, 2.05) is 59.5 Å². The molecule has 1 heterocycles. The number of nitrogen functional groups attached to an aromatic ring is 1. The van der Waals surface area contributed by atoms with Crippen LogP contribution in [0.4, 0.5) is 11.4 Å². The number of amides is 1. The molecular formula is C20H23N3O2. The molecule has 0 unspecified atom stereocenters. The van der Waals surface area contributed by atoms with Gasteiger partial charge in [0, 0.05) is 49.2 Å². The third-order valence-corrected chi connectivity index (χ3v) is 4.39. The van der Waals surface area contributed by atoms with Gasteiger partial charge in [0.25, 0.3) is 0 Å². The Morgan fingerprint density at radius 2 is 1.72 bits per heavy atom. The molecule has 1 aliphatic heterocycles. The number of methoxy groups -OCH3 is 1. The van der Waals surface area contributed by atoms with Crippen molar-refractivity contribution in [2.24, 2.45) is 0 Å². The van der Waals surface area contributed by atoms with E-state index >= 15 is 0 Å². The molecule has 3 rings (SSSR count). The smallest absolute Gasteiger partial charge is 0.246 e. The highest BCUT2D eigenvalue weighted by Crippen LogP contribution is 2.20. The summed E-state index contributed by atoms with van der Waals surface area (Å²) in [5.74, 6) is 0.794. The second kappa shape index (κ2) is 7.75. The van der Waals surface area contributed by atoms with Crippen LogP contribution in [-0.4, -0.2) is 44.1 Å². The molecule has 0 bridgehead atoms. The number of ether oxygens (including phenoxy) is 1. The molecule has 0 aromatic heterocycles. The summed E-state index contributed by atoms with van der Waals surface area (Å²) in [5.41, 5.74) is 8.54. The molecule has 2 aromatic carbocycles. The van der Waals surface area contributed by atoms with Crippen LogP contribution in [0.1, 0.15) is 5.56 Å². The third-order valence-electron chi connectivity index (χ3n) is 4.39. The van der Waals surface area contributed by atoms with E-state index in [0.717, 1.165) is 35.8 Å². The number of rotatable bonds is 4. The lowest BCUT2D eigenvalue weighted by Gasteiger charge is -2.35. The highest BCUT2D eigenvalue weighted by atomic mass is 16.5. The maximum Gasteiger partial charge on any atom is 0.246 e. The van der Waals surface area contributed by atoms with Gasteiger partial charge in [-0.2, -0.15) is 0 Å². The minimum Gasteiger partial charge on any atom is -0.496 e. The minimum absolute atomic E-state index is 0.0304. The molecule has 130 valence electrons. The van der Waals surface area contributed by atoms with Gasteiger partial charge in [-0.15, -0.1) is 0 Å². The van der Waals surface area contributed by atoms with E-state index in [2.05, 4.69) is 4.90 Å². The topological polar surface area (TPSA) is 58.8 Å². The van der Waals surface area contributed by atoms with Crippen LogP contribution in [0.15, 0.2) is 54.6 Å². The zero-order chi connectivity index (χ0) is 17.6. The number of carbonyl (C=O) groups is 1. The van der Waals surface area contributed by atoms with Crippen molar-refractivity contribution in [3.05, 3.63) is 60.2 Å². The number of nitrogens with two attached hydrogens (primary N) is 1. The number of anilines is 2. The average molecular weight is 337 g/mol. The van der Waals surface area contributed by atoms with Crippen LogP contribution in [-0.2, 0) is 4.79 Å². The van der Waals surface area contributed by atoms with Crippen molar-refractivity contribution in [1.82, 2.24) is 4.90 Å². The molecule has 0 atom stereocenters. The van der Waals surface area contributed by atoms with Gasteiger partial charge in [-0.3, -0.25) is 4.79 Å². The van der Waals surface area contributed by atoms with Gasteiger partial charge in [-0.25, -0.2) is 0 Å². The van der Waals surface area contributed by atoms with E-state index in [9.17, 15) is 4.79 Å². The molecule has 5 nitrogen and oxygen atoms in total. The molecule has 1 amide bonds. The van der Waals surface area contributed by atoms with Crippen LogP contribution < -0.4 is 15.4 Å². The summed E-state index contributed by atoms with van der Waals surface area (Å²) in [7, 11) is 1.63. The molecule has 1 fully saturated rings. The van der Waals surface area contributed by atoms with Crippen molar-refractivity contribution < 1.29 is 9.53 Å². The van der Waals surface area contributed by atoms with Gasteiger partial charge < -0.3 is 20.3 Å². The van der Waals surface area contributed by atoms with Crippen molar-refractivity contribution in [3.63, 3.8) is 0 Å². The summed E-state index contributed by atoms with van der Waals surface area (Å²) < 4.78 is 5.30. The van der Waals surface area contributed by atoms with E-state index in [1.54, 1.807) is 13.2 Å². The van der Waals surface area contributed by atoms with E-state index in [-0.39, 0.29) is 5.91 Å². The maximum absolute atomic E-state index is 12.4. The van der Waals surface area contributed by atoms with Gasteiger partial charge >= 0.3 is 0 Å². The summed E-state index contributed by atoms with van der Waals surface area (Å²) >= 11 is 0. The molecule has 1 aliphatic rings. The molecule has 0 spiro atoms. The first-order valence-corrected chi connectivity index (χ1v) is 8.38. The Hall–Kier alpha value is -2.95. The van der Waals surface area contributed by atoms with Gasteiger partial charge in [0.15, 0.2) is 0 Å². The summed E-state index contributed by atoms with van der Waals surface area (Å²) in [6, 6.07) is 15.5. The van der Waals surface area contributed by atoms with Gasteiger partial charge in [-0.1, -0.05) is 18.2 Å². The van der Waals surface area contributed by atoms with Crippen molar-refractivity contribution in [2.75, 3.05) is 43.9 Å². The number of para-hydroxylation sites is 1. The number of benzene rings is 2.